The summed E-state index contributed by atoms with van der Waals surface area (Å²) in [5, 5.41) is 3.08. The van der Waals surface area contributed by atoms with Crippen molar-refractivity contribution >= 4 is 30.0 Å². The lowest BCUT2D eigenvalue weighted by molar-refractivity contribution is 0.0693. The molecule has 1 saturated heterocycles. The first-order valence-electron chi connectivity index (χ1n) is 10.1. The summed E-state index contributed by atoms with van der Waals surface area (Å²) in [5.41, 5.74) is -0.944. The highest BCUT2D eigenvalue weighted by atomic mass is 19.2. The fourth-order valence-corrected chi connectivity index (χ4v) is 4.15. The molecule has 168 valence electrons. The van der Waals surface area contributed by atoms with E-state index in [0.29, 0.717) is 24.5 Å². The largest absolute Gasteiger partial charge is 0.798 e. The molecule has 1 fully saturated rings. The van der Waals surface area contributed by atoms with E-state index < -0.39 is 30.2 Å². The first kappa shape index (κ1) is 23.0. The zero-order valence-corrected chi connectivity index (χ0v) is 17.9. The van der Waals surface area contributed by atoms with Crippen molar-refractivity contribution in [1.82, 2.24) is 9.88 Å². The number of hydrogen-bond acceptors (Lipinski definition) is 6. The number of methoxy groups -OCH3 is 1. The number of anilines is 1. The van der Waals surface area contributed by atoms with E-state index in [4.69, 9.17) is 4.74 Å². The Bertz CT molecular complexity index is 1050. The number of carbonyl (C=O) groups is 1. The lowest BCUT2D eigenvalue weighted by Gasteiger charge is -2.25. The van der Waals surface area contributed by atoms with Gasteiger partial charge < -0.3 is 24.2 Å². The van der Waals surface area contributed by atoms with Gasteiger partial charge in [-0.15, -0.1) is 0 Å². The zero-order chi connectivity index (χ0) is 22.9. The topological polar surface area (TPSA) is 72.8 Å². The number of aryl methyl sites for hydroxylation is 1. The van der Waals surface area contributed by atoms with Crippen molar-refractivity contribution in [3.8, 4) is 5.75 Å². The number of fused-ring (bicyclic) bond motifs is 1. The number of ether oxygens (including phenoxy) is 1. The Morgan fingerprint density at radius 2 is 2.13 bits per heavy atom. The van der Waals surface area contributed by atoms with Gasteiger partial charge in [0.05, 0.1) is 18.0 Å². The Hall–Kier alpha value is -2.69. The number of hydrogen-bond donors (Lipinski definition) is 1. The highest BCUT2D eigenvalue weighted by Crippen LogP contribution is 2.40. The predicted molar refractivity (Wildman–Crippen MR) is 113 cm³/mol. The van der Waals surface area contributed by atoms with Gasteiger partial charge in [0.1, 0.15) is 11.3 Å². The molecule has 2 aromatic rings. The monoisotopic (exact) mass is 439 g/mol. The molecule has 1 aromatic carbocycles. The minimum absolute atomic E-state index is 0.136. The molecular formula is C20H25BF3N3O4. The third kappa shape index (κ3) is 4.23. The van der Waals surface area contributed by atoms with Crippen molar-refractivity contribution in [2.75, 3.05) is 32.1 Å². The first-order valence-corrected chi connectivity index (χ1v) is 10.1. The molecule has 0 unspecified atom stereocenters. The summed E-state index contributed by atoms with van der Waals surface area (Å²) in [7, 11) is -0.110. The van der Waals surface area contributed by atoms with Crippen LogP contribution in [0.25, 0.3) is 10.9 Å². The van der Waals surface area contributed by atoms with Gasteiger partial charge in [-0.05, 0) is 39.3 Å². The fourth-order valence-electron chi connectivity index (χ4n) is 4.15. The third-order valence-electron chi connectivity index (χ3n) is 5.91. The summed E-state index contributed by atoms with van der Waals surface area (Å²) in [6.45, 7) is 5.32. The van der Waals surface area contributed by atoms with Gasteiger partial charge in [0.25, 0.3) is 0 Å². The summed E-state index contributed by atoms with van der Waals surface area (Å²) in [6, 6.07) is 1.28. The second-order valence-electron chi connectivity index (χ2n) is 7.53. The number of pyridine rings is 1. The Morgan fingerprint density at radius 1 is 1.42 bits per heavy atom. The van der Waals surface area contributed by atoms with Crippen molar-refractivity contribution in [2.24, 2.45) is 5.92 Å². The number of nitrogens with one attached hydrogen (secondary N) is 1. The van der Waals surface area contributed by atoms with Crippen LogP contribution >= 0.6 is 0 Å². The maximum absolute atomic E-state index is 15.3. The quantitative estimate of drug-likeness (QED) is 0.670. The van der Waals surface area contributed by atoms with Gasteiger partial charge in [0, 0.05) is 31.9 Å². The first-order chi connectivity index (χ1) is 14.7. The van der Waals surface area contributed by atoms with Crippen LogP contribution < -0.4 is 20.4 Å². The molecule has 1 aliphatic rings. The zero-order valence-electron chi connectivity index (χ0n) is 17.9. The number of nitrogens with zero attached hydrogens (tertiary/aromatic N) is 2. The molecule has 0 aliphatic carbocycles. The van der Waals surface area contributed by atoms with Crippen molar-refractivity contribution in [3.63, 3.8) is 0 Å². The number of benzene rings is 1. The second-order valence-corrected chi connectivity index (χ2v) is 7.53. The highest BCUT2D eigenvalue weighted by Gasteiger charge is 2.32. The normalized spacial score (nSPS) is 17.1. The standard InChI is InChI=1S/C20H25BF3N3O4/c1-5-26-10-14(20(29)31-21(23)24)18(28)13-8-15(22)17(19(30-4)16(13)26)27-7-6-12(9-27)11(2)25-3/h8,10-12,25H,5-7,9H2,1-4H3/t11-,12+/m0/s1. The van der Waals surface area contributed by atoms with E-state index in [1.807, 2.05) is 11.9 Å². The van der Waals surface area contributed by atoms with Crippen LogP contribution in [0, 0.1) is 11.7 Å². The van der Waals surface area contributed by atoms with E-state index in [2.05, 4.69) is 16.9 Å². The molecule has 0 saturated carbocycles. The van der Waals surface area contributed by atoms with Crippen LogP contribution in [-0.2, 0) is 11.2 Å². The summed E-state index contributed by atoms with van der Waals surface area (Å²) >= 11 is 0. The molecule has 0 radical (unpaired) electrons. The number of rotatable bonds is 7. The highest BCUT2D eigenvalue weighted by molar-refractivity contribution is 6.38. The molecule has 7 nitrogen and oxygen atoms in total. The number of aromatic nitrogens is 1. The molecule has 1 aromatic heterocycles. The van der Waals surface area contributed by atoms with E-state index in [1.165, 1.54) is 11.7 Å². The van der Waals surface area contributed by atoms with E-state index >= 15 is 4.39 Å². The average Bonchev–Trinajstić information content (AvgIpc) is 3.22. The van der Waals surface area contributed by atoms with Gasteiger partial charge >= 0.3 is 13.4 Å². The van der Waals surface area contributed by atoms with Gasteiger partial charge in [-0.1, -0.05) is 0 Å². The Morgan fingerprint density at radius 3 is 2.71 bits per heavy atom. The molecule has 0 amide bonds. The van der Waals surface area contributed by atoms with Gasteiger partial charge in [-0.2, -0.15) is 0 Å². The average molecular weight is 439 g/mol. The molecular weight excluding hydrogens is 414 g/mol. The molecule has 11 heteroatoms. The third-order valence-corrected chi connectivity index (χ3v) is 5.91. The minimum atomic E-state index is -3.37. The lowest BCUT2D eigenvalue weighted by Crippen LogP contribution is -2.33. The maximum atomic E-state index is 15.3. The summed E-state index contributed by atoms with van der Waals surface area (Å²) in [4.78, 5) is 26.7. The Balaban J connectivity index is 2.19. The van der Waals surface area contributed by atoms with Crippen molar-refractivity contribution < 1.29 is 27.2 Å². The van der Waals surface area contributed by atoms with Crippen LogP contribution in [0.4, 0.5) is 18.7 Å². The van der Waals surface area contributed by atoms with Crippen LogP contribution in [0.1, 0.15) is 30.6 Å². The SMILES string of the molecule is CCn1cc(C(=O)OB(F)F)c(=O)c2cc(F)c(N3CC[C@@H]([C@H](C)NC)C3)c(OC)c21. The van der Waals surface area contributed by atoms with Gasteiger partial charge in [0.15, 0.2) is 11.6 Å². The summed E-state index contributed by atoms with van der Waals surface area (Å²) < 4.78 is 51.1. The van der Waals surface area contributed by atoms with Crippen LogP contribution in [0.15, 0.2) is 17.1 Å². The smallest absolute Gasteiger partial charge is 0.492 e. The molecule has 0 spiro atoms. The van der Waals surface area contributed by atoms with Gasteiger partial charge in [-0.3, -0.25) is 4.79 Å². The number of carbonyl (C=O) groups excluding carboxylic acids is 1. The van der Waals surface area contributed by atoms with Crippen LogP contribution in [0.3, 0.4) is 0 Å². The number of halogens is 3. The van der Waals surface area contributed by atoms with Gasteiger partial charge in [0.2, 0.25) is 5.43 Å². The van der Waals surface area contributed by atoms with Crippen LogP contribution in [-0.4, -0.2) is 51.3 Å². The van der Waals surface area contributed by atoms with Crippen molar-refractivity contribution in [1.29, 1.82) is 0 Å². The molecule has 2 atom stereocenters. The Labute approximate surface area is 178 Å². The van der Waals surface area contributed by atoms with Crippen LogP contribution in [0.5, 0.6) is 5.75 Å². The predicted octanol–water partition coefficient (Wildman–Crippen LogP) is 2.68. The minimum Gasteiger partial charge on any atom is -0.492 e. The van der Waals surface area contributed by atoms with E-state index in [1.54, 1.807) is 6.92 Å². The van der Waals surface area contributed by atoms with Crippen molar-refractivity contribution in [2.45, 2.75) is 32.9 Å². The molecule has 1 N–H and O–H groups in total. The molecule has 31 heavy (non-hydrogen) atoms. The fraction of sp³-hybridized carbons (Fsp3) is 0.500. The summed E-state index contributed by atoms with van der Waals surface area (Å²) in [5.74, 6) is -1.66. The lowest BCUT2D eigenvalue weighted by atomic mass is 10.0. The Kier molecular flexibility index (Phi) is 6.83. The summed E-state index contributed by atoms with van der Waals surface area (Å²) in [6.07, 6.45) is 2.01. The maximum Gasteiger partial charge on any atom is 0.798 e. The van der Waals surface area contributed by atoms with E-state index in [9.17, 15) is 18.2 Å². The van der Waals surface area contributed by atoms with E-state index in [-0.39, 0.29) is 29.4 Å². The van der Waals surface area contributed by atoms with Gasteiger partial charge in [-0.25, -0.2) is 17.8 Å². The molecule has 2 heterocycles. The molecule has 0 bridgehead atoms. The van der Waals surface area contributed by atoms with Crippen molar-refractivity contribution in [3.05, 3.63) is 33.9 Å². The second kappa shape index (κ2) is 9.21. The van der Waals surface area contributed by atoms with E-state index in [0.717, 1.165) is 18.7 Å². The molecule has 1 aliphatic heterocycles. The molecule has 3 rings (SSSR count). The van der Waals surface area contributed by atoms with Crippen LogP contribution in [0.2, 0.25) is 0 Å².